The molecule has 4 unspecified atom stereocenters. The number of hydrogen-bond donors (Lipinski definition) is 1. The molecule has 1 saturated heterocycles. The molecule has 4 nitrogen and oxygen atoms in total. The number of furan rings is 1. The van der Waals surface area contributed by atoms with Crippen molar-refractivity contribution in [2.75, 3.05) is 0 Å². The predicted molar refractivity (Wildman–Crippen MR) is 245 cm³/mol. The number of nitrogens with zero attached hydrogens (tertiary/aromatic N) is 2. The second kappa shape index (κ2) is 14.9. The van der Waals surface area contributed by atoms with Gasteiger partial charge in [0.2, 0.25) is 0 Å². The van der Waals surface area contributed by atoms with Crippen molar-refractivity contribution >= 4 is 43.7 Å². The molecule has 59 heavy (non-hydrogen) atoms. The van der Waals surface area contributed by atoms with Crippen molar-refractivity contribution in [3.8, 4) is 27.9 Å². The summed E-state index contributed by atoms with van der Waals surface area (Å²) in [4.78, 5) is 0. The van der Waals surface area contributed by atoms with Gasteiger partial charge in [-0.2, -0.15) is 0 Å². The Bertz CT molecular complexity index is 3090. The topological polar surface area (TPSA) is 44.2 Å². The van der Waals surface area contributed by atoms with E-state index >= 15 is 0 Å². The lowest BCUT2D eigenvalue weighted by molar-refractivity contribution is 0.335. The van der Waals surface area contributed by atoms with Crippen LogP contribution in [0.15, 0.2) is 199 Å². The first-order valence-corrected chi connectivity index (χ1v) is 20.9. The molecule has 0 bridgehead atoms. The third-order valence-electron chi connectivity index (χ3n) is 12.6. The first kappa shape index (κ1) is 35.4. The van der Waals surface area contributed by atoms with Crippen LogP contribution in [0.2, 0.25) is 0 Å². The lowest BCUT2D eigenvalue weighted by Gasteiger charge is -2.39. The van der Waals surface area contributed by atoms with Gasteiger partial charge in [-0.15, -0.1) is 6.04 Å². The number of benzene rings is 8. The minimum atomic E-state index is -0.187. The zero-order valence-electron chi connectivity index (χ0n) is 33.0. The van der Waals surface area contributed by atoms with Crippen LogP contribution >= 0.6 is 0 Å². The zero-order valence-corrected chi connectivity index (χ0v) is 33.0. The first-order valence-electron chi connectivity index (χ1n) is 20.9. The average Bonchev–Trinajstić information content (AvgIpc) is 3.78. The van der Waals surface area contributed by atoms with Gasteiger partial charge in [-0.1, -0.05) is 195 Å². The summed E-state index contributed by atoms with van der Waals surface area (Å²) in [5.41, 5.74) is 13.5. The molecular formula is C55H44N3O-. The van der Waals surface area contributed by atoms with Gasteiger partial charge in [-0.05, 0) is 58.5 Å². The quantitative estimate of drug-likeness (QED) is 0.176. The molecule has 4 heteroatoms. The van der Waals surface area contributed by atoms with Crippen LogP contribution in [0.4, 0.5) is 0 Å². The van der Waals surface area contributed by atoms with Gasteiger partial charge in [0.1, 0.15) is 11.2 Å². The van der Waals surface area contributed by atoms with Crippen LogP contribution in [0, 0.1) is 5.92 Å². The summed E-state index contributed by atoms with van der Waals surface area (Å²) < 4.78 is 9.26. The van der Waals surface area contributed by atoms with E-state index in [0.29, 0.717) is 5.92 Å². The number of para-hydroxylation sites is 3. The smallest absolute Gasteiger partial charge is 0.143 e. The fraction of sp³-hybridized carbons (Fsp3) is 0.127. The molecule has 1 fully saturated rings. The van der Waals surface area contributed by atoms with E-state index in [0.717, 1.165) is 73.8 Å². The SMILES string of the molecule is CCC1CC(c2ccccc2)[N-]C(c2cccc(-n3c4ccccc4c4cc(-c5cccc6c5oc5c(-c7ccccc7)cccc56)ccc43)c2)NC1c1ccccc1. The van der Waals surface area contributed by atoms with Crippen LogP contribution < -0.4 is 5.32 Å². The highest BCUT2D eigenvalue weighted by molar-refractivity contribution is 6.15. The van der Waals surface area contributed by atoms with E-state index in [2.05, 4.69) is 211 Å². The molecule has 1 N–H and O–H groups in total. The van der Waals surface area contributed by atoms with Crippen molar-refractivity contribution in [2.45, 2.75) is 38.0 Å². The van der Waals surface area contributed by atoms with Gasteiger partial charge >= 0.3 is 0 Å². The van der Waals surface area contributed by atoms with Crippen molar-refractivity contribution < 1.29 is 4.42 Å². The van der Waals surface area contributed by atoms with Gasteiger partial charge in [0.05, 0.1) is 11.0 Å². The largest absolute Gasteiger partial charge is 0.637 e. The molecule has 0 spiro atoms. The Morgan fingerprint density at radius 3 is 1.85 bits per heavy atom. The maximum atomic E-state index is 6.84. The Balaban J connectivity index is 1.02. The fourth-order valence-corrected chi connectivity index (χ4v) is 9.67. The second-order valence-electron chi connectivity index (χ2n) is 15.9. The van der Waals surface area contributed by atoms with Crippen LogP contribution in [0.5, 0.6) is 0 Å². The van der Waals surface area contributed by atoms with E-state index in [1.54, 1.807) is 0 Å². The van der Waals surface area contributed by atoms with Gasteiger partial charge in [-0.25, -0.2) is 0 Å². The molecule has 0 aliphatic carbocycles. The van der Waals surface area contributed by atoms with Crippen molar-refractivity contribution in [3.63, 3.8) is 0 Å². The Morgan fingerprint density at radius 2 is 1.12 bits per heavy atom. The minimum Gasteiger partial charge on any atom is -0.637 e. The van der Waals surface area contributed by atoms with Gasteiger partial charge in [0.25, 0.3) is 0 Å². The predicted octanol–water partition coefficient (Wildman–Crippen LogP) is 14.9. The van der Waals surface area contributed by atoms with Crippen molar-refractivity contribution in [1.29, 1.82) is 0 Å². The lowest BCUT2D eigenvalue weighted by Crippen LogP contribution is -2.29. The normalized spacial score (nSPS) is 18.5. The van der Waals surface area contributed by atoms with E-state index < -0.39 is 0 Å². The van der Waals surface area contributed by atoms with Crippen LogP contribution in [0.1, 0.15) is 54.7 Å². The lowest BCUT2D eigenvalue weighted by atomic mass is 9.85. The van der Waals surface area contributed by atoms with Crippen molar-refractivity contribution in [1.82, 2.24) is 9.88 Å². The molecule has 10 aromatic rings. The minimum absolute atomic E-state index is 0.0869. The Labute approximate surface area is 344 Å². The van der Waals surface area contributed by atoms with E-state index in [9.17, 15) is 0 Å². The highest BCUT2D eigenvalue weighted by Crippen LogP contribution is 2.46. The van der Waals surface area contributed by atoms with Gasteiger partial charge in [0, 0.05) is 44.4 Å². The Kier molecular flexibility index (Phi) is 8.95. The number of rotatable bonds is 7. The van der Waals surface area contributed by atoms with Gasteiger partial charge < -0.3 is 19.6 Å². The molecule has 2 aromatic heterocycles. The molecule has 8 aromatic carbocycles. The zero-order chi connectivity index (χ0) is 39.3. The van der Waals surface area contributed by atoms with E-state index in [1.807, 2.05) is 0 Å². The number of hydrogen-bond acceptors (Lipinski definition) is 2. The maximum Gasteiger partial charge on any atom is 0.143 e. The molecule has 0 radical (unpaired) electrons. The molecule has 0 saturated carbocycles. The van der Waals surface area contributed by atoms with E-state index in [1.165, 1.54) is 27.4 Å². The van der Waals surface area contributed by atoms with E-state index in [4.69, 9.17) is 9.73 Å². The second-order valence-corrected chi connectivity index (χ2v) is 15.9. The van der Waals surface area contributed by atoms with E-state index in [-0.39, 0.29) is 18.2 Å². The summed E-state index contributed by atoms with van der Waals surface area (Å²) in [6.07, 6.45) is 1.88. The molecule has 1 aliphatic rings. The van der Waals surface area contributed by atoms with Crippen LogP contribution in [0.3, 0.4) is 0 Å². The molecule has 3 heterocycles. The third-order valence-corrected chi connectivity index (χ3v) is 12.6. The Hall–Kier alpha value is -6.72. The van der Waals surface area contributed by atoms with Crippen LogP contribution in [-0.2, 0) is 0 Å². The summed E-state index contributed by atoms with van der Waals surface area (Å²) in [5, 5.41) is 14.4. The molecule has 286 valence electrons. The van der Waals surface area contributed by atoms with Crippen LogP contribution in [0.25, 0.3) is 77.0 Å². The maximum absolute atomic E-state index is 6.84. The summed E-state index contributed by atoms with van der Waals surface area (Å²) >= 11 is 0. The van der Waals surface area contributed by atoms with Gasteiger partial charge in [-0.3, -0.25) is 0 Å². The Morgan fingerprint density at radius 1 is 0.525 bits per heavy atom. The van der Waals surface area contributed by atoms with Gasteiger partial charge in [0.15, 0.2) is 0 Å². The summed E-state index contributed by atoms with van der Waals surface area (Å²) in [6.45, 7) is 2.32. The summed E-state index contributed by atoms with van der Waals surface area (Å²) in [6, 6.07) is 70.2. The number of aromatic nitrogens is 1. The number of fused-ring (bicyclic) bond motifs is 6. The highest BCUT2D eigenvalue weighted by atomic mass is 16.3. The first-order chi connectivity index (χ1) is 29.2. The van der Waals surface area contributed by atoms with Crippen LogP contribution in [-0.4, -0.2) is 4.57 Å². The summed E-state index contributed by atoms with van der Waals surface area (Å²) in [5.74, 6) is 0.433. The molecule has 1 aliphatic heterocycles. The highest BCUT2D eigenvalue weighted by Gasteiger charge is 2.28. The molecule has 0 amide bonds. The molecule has 4 atom stereocenters. The fourth-order valence-electron chi connectivity index (χ4n) is 9.67. The monoisotopic (exact) mass is 762 g/mol. The summed E-state index contributed by atoms with van der Waals surface area (Å²) in [7, 11) is 0. The molecule has 11 rings (SSSR count). The standard InChI is InChI=1S/C55H44N3O/c1-2-36-35-49(38-19-8-4-9-20-38)56-55(57-52(36)39-21-10-5-11-22-39)41-23-14-24-42(33-41)58-50-30-13-12-25-45(50)48-34-40(31-32-51(48)58)44-27-16-29-47-46-28-15-26-43(53(46)59-54(44)47)37-17-6-3-7-18-37/h3-34,36,49,52,55,57H,2,35H2,1H3/q-1. The number of nitrogens with one attached hydrogen (secondary N) is 1. The molecular weight excluding hydrogens is 719 g/mol. The third kappa shape index (κ3) is 6.24. The van der Waals surface area contributed by atoms with Crippen molar-refractivity contribution in [2.24, 2.45) is 5.92 Å². The average molecular weight is 763 g/mol. The van der Waals surface area contributed by atoms with Crippen molar-refractivity contribution in [3.05, 3.63) is 216 Å².